The van der Waals surface area contributed by atoms with Gasteiger partial charge in [0.15, 0.2) is 0 Å². The fourth-order valence-electron chi connectivity index (χ4n) is 3.58. The maximum absolute atomic E-state index is 12.0. The van der Waals surface area contributed by atoms with Crippen molar-refractivity contribution in [2.45, 2.75) is 32.9 Å². The van der Waals surface area contributed by atoms with Gasteiger partial charge in [0.1, 0.15) is 23.7 Å². The van der Waals surface area contributed by atoms with Gasteiger partial charge in [-0.3, -0.25) is 0 Å². The average molecular weight is 452 g/mol. The zero-order valence-electron chi connectivity index (χ0n) is 17.8. The van der Waals surface area contributed by atoms with Gasteiger partial charge >= 0.3 is 5.63 Å². The lowest BCUT2D eigenvalue weighted by Crippen LogP contribution is -2.05. The van der Waals surface area contributed by atoms with E-state index in [1.165, 1.54) is 6.07 Å². The van der Waals surface area contributed by atoms with Crippen LogP contribution in [0.4, 0.5) is 5.69 Å². The highest BCUT2D eigenvalue weighted by Crippen LogP contribution is 2.30. The number of phenolic OH excluding ortho intramolecular Hbond substituents is 1. The van der Waals surface area contributed by atoms with Gasteiger partial charge < -0.3 is 19.6 Å². The molecule has 0 amide bonds. The van der Waals surface area contributed by atoms with Crippen LogP contribution in [0.1, 0.15) is 30.0 Å². The summed E-state index contributed by atoms with van der Waals surface area (Å²) in [6, 6.07) is 22.6. The van der Waals surface area contributed by atoms with E-state index in [-0.39, 0.29) is 18.2 Å². The van der Waals surface area contributed by atoms with Crippen LogP contribution in [0.2, 0.25) is 0 Å². The fraction of sp³-hybridized carbons (Fsp3) is 0.192. The summed E-state index contributed by atoms with van der Waals surface area (Å²) in [6.45, 7) is 2.90. The summed E-state index contributed by atoms with van der Waals surface area (Å²) >= 11 is 0. The Bertz CT molecular complexity index is 1220. The molecule has 0 spiro atoms. The van der Waals surface area contributed by atoms with Crippen LogP contribution < -0.4 is 15.7 Å². The van der Waals surface area contributed by atoms with E-state index in [0.717, 1.165) is 40.8 Å². The third-order valence-electron chi connectivity index (χ3n) is 5.17. The highest BCUT2D eigenvalue weighted by Gasteiger charge is 2.13. The molecule has 32 heavy (non-hydrogen) atoms. The second kappa shape index (κ2) is 10.7. The third kappa shape index (κ3) is 5.42. The Balaban J connectivity index is 0.00000289. The Hall–Kier alpha value is -3.44. The quantitative estimate of drug-likeness (QED) is 0.318. The summed E-state index contributed by atoms with van der Waals surface area (Å²) in [6.07, 6.45) is 1.70. The van der Waals surface area contributed by atoms with Crippen LogP contribution in [0.15, 0.2) is 82.0 Å². The molecule has 4 rings (SSSR count). The highest BCUT2D eigenvalue weighted by atomic mass is 35.5. The third-order valence-corrected chi connectivity index (χ3v) is 5.17. The van der Waals surface area contributed by atoms with E-state index >= 15 is 0 Å². The van der Waals surface area contributed by atoms with E-state index in [9.17, 15) is 9.90 Å². The monoisotopic (exact) mass is 451 g/mol. The van der Waals surface area contributed by atoms with E-state index < -0.39 is 5.63 Å². The van der Waals surface area contributed by atoms with Crippen molar-refractivity contribution in [1.29, 1.82) is 0 Å². The summed E-state index contributed by atoms with van der Waals surface area (Å²) in [4.78, 5) is 12.0. The van der Waals surface area contributed by atoms with Gasteiger partial charge in [-0.05, 0) is 53.9 Å². The zero-order valence-corrected chi connectivity index (χ0v) is 18.7. The van der Waals surface area contributed by atoms with E-state index in [1.54, 1.807) is 12.1 Å². The predicted molar refractivity (Wildman–Crippen MR) is 130 cm³/mol. The van der Waals surface area contributed by atoms with Crippen LogP contribution in [0.5, 0.6) is 11.5 Å². The topological polar surface area (TPSA) is 71.7 Å². The number of fused-ring (bicyclic) bond motifs is 1. The van der Waals surface area contributed by atoms with Crippen molar-refractivity contribution in [3.05, 3.63) is 99.9 Å². The molecule has 166 valence electrons. The van der Waals surface area contributed by atoms with E-state index in [0.29, 0.717) is 24.3 Å². The van der Waals surface area contributed by atoms with Crippen molar-refractivity contribution >= 4 is 29.1 Å². The molecule has 0 radical (unpaired) electrons. The lowest BCUT2D eigenvalue weighted by Gasteiger charge is -2.13. The van der Waals surface area contributed by atoms with Gasteiger partial charge in [0.2, 0.25) is 0 Å². The van der Waals surface area contributed by atoms with Crippen molar-refractivity contribution < 1.29 is 14.3 Å². The van der Waals surface area contributed by atoms with Gasteiger partial charge in [0.25, 0.3) is 0 Å². The van der Waals surface area contributed by atoms with E-state index in [2.05, 4.69) is 12.2 Å². The predicted octanol–water partition coefficient (Wildman–Crippen LogP) is 6.06. The summed E-state index contributed by atoms with van der Waals surface area (Å²) in [5, 5.41) is 14.5. The number of rotatable bonds is 8. The van der Waals surface area contributed by atoms with Crippen molar-refractivity contribution in [3.63, 3.8) is 0 Å². The number of aryl methyl sites for hydroxylation is 1. The summed E-state index contributed by atoms with van der Waals surface area (Å²) in [5.74, 6) is 0.872. The number of aromatic hydroxyl groups is 1. The molecular weight excluding hydrogens is 426 g/mol. The molecular formula is C26H26ClNO4. The van der Waals surface area contributed by atoms with Crippen LogP contribution in [0.3, 0.4) is 0 Å². The maximum atomic E-state index is 12.0. The molecule has 0 fully saturated rings. The first kappa shape index (κ1) is 23.2. The first-order valence-electron chi connectivity index (χ1n) is 10.4. The van der Waals surface area contributed by atoms with Crippen LogP contribution in [0.25, 0.3) is 11.0 Å². The van der Waals surface area contributed by atoms with Crippen molar-refractivity contribution in [3.8, 4) is 11.5 Å². The van der Waals surface area contributed by atoms with E-state index in [1.807, 2.05) is 54.6 Å². The SMILES string of the molecule is CCCc1cc(=O)oc2c(CNc3ccc(OCc4ccccc4)cc3)c(O)ccc12.Cl. The number of phenols is 1. The zero-order chi connectivity index (χ0) is 21.6. The molecule has 2 N–H and O–H groups in total. The minimum atomic E-state index is -0.400. The number of halogens is 1. The summed E-state index contributed by atoms with van der Waals surface area (Å²) in [5.41, 5.74) is 3.52. The maximum Gasteiger partial charge on any atom is 0.336 e. The largest absolute Gasteiger partial charge is 0.507 e. The number of nitrogens with one attached hydrogen (secondary N) is 1. The molecule has 0 atom stereocenters. The van der Waals surface area contributed by atoms with Crippen LogP contribution >= 0.6 is 12.4 Å². The molecule has 6 heteroatoms. The molecule has 3 aromatic carbocycles. The second-order valence-corrected chi connectivity index (χ2v) is 7.43. The molecule has 1 aromatic heterocycles. The Kier molecular flexibility index (Phi) is 7.79. The van der Waals surface area contributed by atoms with Gasteiger partial charge in [0.05, 0.1) is 5.56 Å². The Morgan fingerprint density at radius 1 is 1.00 bits per heavy atom. The summed E-state index contributed by atoms with van der Waals surface area (Å²) < 4.78 is 11.3. The van der Waals surface area contributed by atoms with E-state index in [4.69, 9.17) is 9.15 Å². The molecule has 0 aliphatic heterocycles. The summed E-state index contributed by atoms with van der Waals surface area (Å²) in [7, 11) is 0. The molecule has 0 saturated carbocycles. The highest BCUT2D eigenvalue weighted by molar-refractivity contribution is 5.85. The molecule has 0 aliphatic carbocycles. The molecule has 0 aliphatic rings. The number of hydrogen-bond acceptors (Lipinski definition) is 5. The van der Waals surface area contributed by atoms with Crippen LogP contribution in [-0.4, -0.2) is 5.11 Å². The minimum absolute atomic E-state index is 0. The van der Waals surface area contributed by atoms with Gasteiger partial charge in [-0.25, -0.2) is 4.79 Å². The standard InChI is InChI=1S/C26H25NO4.ClH/c1-2-6-19-15-25(29)31-26-22(19)13-14-24(28)23(26)16-27-20-9-11-21(12-10-20)30-17-18-7-4-3-5-8-18;/h3-5,7-15,27-28H,2,6,16-17H2,1H3;1H. The van der Waals surface area contributed by atoms with Gasteiger partial charge in [-0.1, -0.05) is 43.7 Å². The smallest absolute Gasteiger partial charge is 0.336 e. The number of anilines is 1. The molecule has 0 unspecified atom stereocenters. The lowest BCUT2D eigenvalue weighted by molar-refractivity contribution is 0.306. The molecule has 0 saturated heterocycles. The molecule has 1 heterocycles. The normalized spacial score (nSPS) is 10.5. The number of benzene rings is 3. The van der Waals surface area contributed by atoms with Gasteiger partial charge in [-0.15, -0.1) is 12.4 Å². The lowest BCUT2D eigenvalue weighted by atomic mass is 10.0. The molecule has 0 bridgehead atoms. The van der Waals surface area contributed by atoms with Gasteiger partial charge in [0, 0.05) is 23.7 Å². The van der Waals surface area contributed by atoms with Crippen LogP contribution in [-0.2, 0) is 19.6 Å². The Morgan fingerprint density at radius 3 is 2.47 bits per heavy atom. The number of ether oxygens (including phenoxy) is 1. The van der Waals surface area contributed by atoms with Crippen molar-refractivity contribution in [1.82, 2.24) is 0 Å². The fourth-order valence-corrected chi connectivity index (χ4v) is 3.58. The Labute approximate surface area is 193 Å². The van der Waals surface area contributed by atoms with Crippen molar-refractivity contribution in [2.24, 2.45) is 0 Å². The van der Waals surface area contributed by atoms with Gasteiger partial charge in [-0.2, -0.15) is 0 Å². The average Bonchev–Trinajstić information content (AvgIpc) is 2.78. The van der Waals surface area contributed by atoms with Crippen molar-refractivity contribution in [2.75, 3.05) is 5.32 Å². The minimum Gasteiger partial charge on any atom is -0.507 e. The Morgan fingerprint density at radius 2 is 1.75 bits per heavy atom. The molecule has 5 nitrogen and oxygen atoms in total. The molecule has 4 aromatic rings. The first-order chi connectivity index (χ1) is 15.1. The van der Waals surface area contributed by atoms with Crippen LogP contribution in [0, 0.1) is 0 Å². The first-order valence-corrected chi connectivity index (χ1v) is 10.4. The number of hydrogen-bond donors (Lipinski definition) is 2. The second-order valence-electron chi connectivity index (χ2n) is 7.43.